The Bertz CT molecular complexity index is 1640. The Hall–Kier alpha value is -4.05. The van der Waals surface area contributed by atoms with Crippen molar-refractivity contribution in [3.8, 4) is 0 Å². The number of amides is 2. The largest absolute Gasteiger partial charge is 0.326 e. The van der Waals surface area contributed by atoms with Gasteiger partial charge in [-0.15, -0.1) is 11.6 Å². The molecule has 3 N–H and O–H groups in total. The van der Waals surface area contributed by atoms with E-state index >= 15 is 0 Å². The fraction of sp³-hybridized carbons (Fsp3) is 0.435. The average molecular weight is 768 g/mol. The first-order valence-electron chi connectivity index (χ1n) is 20.1. The summed E-state index contributed by atoms with van der Waals surface area (Å²) in [5.74, 6) is 0.420. The van der Waals surface area contributed by atoms with Crippen molar-refractivity contribution in [3.05, 3.63) is 131 Å². The van der Waals surface area contributed by atoms with Crippen molar-refractivity contribution in [1.82, 2.24) is 20.0 Å². The number of benzene rings is 4. The summed E-state index contributed by atoms with van der Waals surface area (Å²) in [6, 6.07) is 37.1. The van der Waals surface area contributed by atoms with Crippen LogP contribution in [0.1, 0.15) is 47.9 Å². The standard InChI is InChI=1S/C23H31N3O.C13H20N2.C10H12ClNO/c1-20-7-5-11-22(19-20)24-23(27)12-14-26-17-15-25(16-18-26)13-6-10-21-8-3-2-4-9-21;1-2-5-13(6-3-1)7-4-10-15-11-8-14-9-12-15;1-8-3-2-4-9(7-8)12-10(13)5-6-11/h2-5,7-9,11,19H,6,10,12-18H2,1H3,(H,24,27);1-3,5-6,14H,4,7-12H2;2-4,7H,5-6H2,1H3,(H,12,13). The number of halogens is 1. The Labute approximate surface area is 335 Å². The van der Waals surface area contributed by atoms with Gasteiger partial charge in [0.1, 0.15) is 0 Å². The zero-order valence-electron chi connectivity index (χ0n) is 33.2. The number of nitrogens with one attached hydrogen (secondary N) is 3. The molecule has 55 heavy (non-hydrogen) atoms. The van der Waals surface area contributed by atoms with Crippen LogP contribution in [-0.4, -0.2) is 104 Å². The molecule has 0 aromatic heterocycles. The number of nitrogens with zero attached hydrogens (tertiary/aromatic N) is 3. The van der Waals surface area contributed by atoms with Gasteiger partial charge in [-0.3, -0.25) is 9.59 Å². The Morgan fingerprint density at radius 3 is 1.45 bits per heavy atom. The summed E-state index contributed by atoms with van der Waals surface area (Å²) < 4.78 is 0. The molecule has 0 bridgehead atoms. The number of rotatable bonds is 15. The highest BCUT2D eigenvalue weighted by molar-refractivity contribution is 6.19. The lowest BCUT2D eigenvalue weighted by Gasteiger charge is -2.34. The highest BCUT2D eigenvalue weighted by atomic mass is 35.5. The summed E-state index contributed by atoms with van der Waals surface area (Å²) in [4.78, 5) is 30.8. The summed E-state index contributed by atoms with van der Waals surface area (Å²) in [6.45, 7) is 16.4. The maximum absolute atomic E-state index is 12.2. The van der Waals surface area contributed by atoms with E-state index in [1.165, 1.54) is 50.0 Å². The van der Waals surface area contributed by atoms with Crippen LogP contribution in [0.2, 0.25) is 0 Å². The van der Waals surface area contributed by atoms with Crippen LogP contribution in [0.25, 0.3) is 0 Å². The predicted octanol–water partition coefficient (Wildman–Crippen LogP) is 7.66. The van der Waals surface area contributed by atoms with E-state index in [-0.39, 0.29) is 11.8 Å². The van der Waals surface area contributed by atoms with Crippen molar-refractivity contribution in [3.63, 3.8) is 0 Å². The number of alkyl halides is 1. The molecule has 2 fully saturated rings. The van der Waals surface area contributed by atoms with Crippen molar-refractivity contribution in [2.75, 3.05) is 88.5 Å². The van der Waals surface area contributed by atoms with E-state index in [1.54, 1.807) is 0 Å². The molecule has 4 aromatic rings. The molecule has 6 rings (SSSR count). The molecule has 0 unspecified atom stereocenters. The summed E-state index contributed by atoms with van der Waals surface area (Å²) in [5, 5.41) is 9.14. The molecule has 2 heterocycles. The molecule has 0 radical (unpaired) electrons. The third kappa shape index (κ3) is 18.9. The Morgan fingerprint density at radius 1 is 0.564 bits per heavy atom. The van der Waals surface area contributed by atoms with Crippen molar-refractivity contribution in [2.24, 2.45) is 0 Å². The third-order valence-electron chi connectivity index (χ3n) is 9.82. The molecule has 296 valence electrons. The van der Waals surface area contributed by atoms with Crippen LogP contribution in [0.15, 0.2) is 109 Å². The predicted molar refractivity (Wildman–Crippen MR) is 231 cm³/mol. The van der Waals surface area contributed by atoms with Gasteiger partial charge in [0.05, 0.1) is 0 Å². The second kappa shape index (κ2) is 25.9. The Balaban J connectivity index is 0.000000202. The summed E-state index contributed by atoms with van der Waals surface area (Å²) >= 11 is 5.43. The normalized spacial score (nSPS) is 14.8. The fourth-order valence-electron chi connectivity index (χ4n) is 6.71. The average Bonchev–Trinajstić information content (AvgIpc) is 3.19. The zero-order valence-corrected chi connectivity index (χ0v) is 33.9. The van der Waals surface area contributed by atoms with Gasteiger partial charge >= 0.3 is 0 Å². The second-order valence-corrected chi connectivity index (χ2v) is 14.9. The van der Waals surface area contributed by atoms with Crippen molar-refractivity contribution in [1.29, 1.82) is 0 Å². The van der Waals surface area contributed by atoms with E-state index < -0.39 is 0 Å². The summed E-state index contributed by atoms with van der Waals surface area (Å²) in [6.07, 6.45) is 5.77. The van der Waals surface area contributed by atoms with Gasteiger partial charge in [-0.05, 0) is 99.1 Å². The first-order chi connectivity index (χ1) is 26.9. The smallest absolute Gasteiger partial charge is 0.225 e. The van der Waals surface area contributed by atoms with Gasteiger partial charge in [-0.25, -0.2) is 0 Å². The molecule has 2 saturated heterocycles. The van der Waals surface area contributed by atoms with Crippen LogP contribution in [0, 0.1) is 13.8 Å². The highest BCUT2D eigenvalue weighted by Crippen LogP contribution is 2.12. The molecule has 8 nitrogen and oxygen atoms in total. The van der Waals surface area contributed by atoms with Gasteiger partial charge < -0.3 is 30.7 Å². The quantitative estimate of drug-likeness (QED) is 0.108. The molecule has 0 atom stereocenters. The lowest BCUT2D eigenvalue weighted by Crippen LogP contribution is -2.47. The van der Waals surface area contributed by atoms with E-state index in [2.05, 4.69) is 91.3 Å². The highest BCUT2D eigenvalue weighted by Gasteiger charge is 2.17. The summed E-state index contributed by atoms with van der Waals surface area (Å²) in [5.41, 5.74) is 6.90. The van der Waals surface area contributed by atoms with E-state index in [4.69, 9.17) is 11.6 Å². The molecular formula is C46H63ClN6O2. The molecular weight excluding hydrogens is 704 g/mol. The SMILES string of the molecule is Cc1cccc(NC(=O)CCCl)c1.Cc1cccc(NC(=O)CCN2CCN(CCCc3ccccc3)CC2)c1.c1ccc(CCCN2CCNCC2)cc1. The number of aryl methyl sites for hydroxylation is 4. The number of hydrogen-bond donors (Lipinski definition) is 3. The van der Waals surface area contributed by atoms with Crippen LogP contribution < -0.4 is 16.0 Å². The number of carbonyl (C=O) groups excluding carboxylic acids is 2. The number of carbonyl (C=O) groups is 2. The molecule has 0 saturated carbocycles. The van der Waals surface area contributed by atoms with Crippen LogP contribution >= 0.6 is 11.6 Å². The lowest BCUT2D eigenvalue weighted by atomic mass is 10.1. The zero-order chi connectivity index (χ0) is 38.9. The molecule has 4 aromatic carbocycles. The van der Waals surface area contributed by atoms with Crippen molar-refractivity contribution < 1.29 is 9.59 Å². The molecule has 0 aliphatic carbocycles. The van der Waals surface area contributed by atoms with Crippen LogP contribution in [0.4, 0.5) is 11.4 Å². The molecule has 9 heteroatoms. The van der Waals surface area contributed by atoms with Crippen molar-refractivity contribution >= 4 is 34.8 Å². The van der Waals surface area contributed by atoms with E-state index in [0.717, 1.165) is 81.3 Å². The number of piperazine rings is 2. The van der Waals surface area contributed by atoms with Gasteiger partial charge in [0.25, 0.3) is 0 Å². The van der Waals surface area contributed by atoms with Gasteiger partial charge in [0, 0.05) is 89.0 Å². The summed E-state index contributed by atoms with van der Waals surface area (Å²) in [7, 11) is 0. The number of anilines is 2. The maximum atomic E-state index is 12.2. The second-order valence-electron chi connectivity index (χ2n) is 14.5. The molecule has 0 spiro atoms. The maximum Gasteiger partial charge on any atom is 0.225 e. The first-order valence-corrected chi connectivity index (χ1v) is 20.6. The Kier molecular flexibility index (Phi) is 20.6. The van der Waals surface area contributed by atoms with E-state index in [1.807, 2.05) is 62.4 Å². The van der Waals surface area contributed by atoms with Gasteiger partial charge in [-0.2, -0.15) is 0 Å². The van der Waals surface area contributed by atoms with Crippen LogP contribution in [-0.2, 0) is 22.4 Å². The molecule has 2 aliphatic heterocycles. The number of hydrogen-bond acceptors (Lipinski definition) is 6. The van der Waals surface area contributed by atoms with Crippen LogP contribution in [0.5, 0.6) is 0 Å². The third-order valence-corrected chi connectivity index (χ3v) is 10.0. The first kappa shape index (κ1) is 43.7. The minimum atomic E-state index is -0.0411. The molecule has 2 aliphatic rings. The van der Waals surface area contributed by atoms with E-state index in [9.17, 15) is 9.59 Å². The lowest BCUT2D eigenvalue weighted by molar-refractivity contribution is -0.117. The van der Waals surface area contributed by atoms with Crippen LogP contribution in [0.3, 0.4) is 0 Å². The van der Waals surface area contributed by atoms with Gasteiger partial charge in [0.15, 0.2) is 0 Å². The minimum absolute atomic E-state index is 0.0411. The van der Waals surface area contributed by atoms with E-state index in [0.29, 0.717) is 18.7 Å². The van der Waals surface area contributed by atoms with Gasteiger partial charge in [0.2, 0.25) is 11.8 Å². The fourth-order valence-corrected chi connectivity index (χ4v) is 6.88. The topological polar surface area (TPSA) is 80.0 Å². The molecule has 2 amide bonds. The Morgan fingerprint density at radius 2 is 1.00 bits per heavy atom. The van der Waals surface area contributed by atoms with Crippen molar-refractivity contribution in [2.45, 2.75) is 52.4 Å². The monoisotopic (exact) mass is 766 g/mol. The van der Waals surface area contributed by atoms with Gasteiger partial charge in [-0.1, -0.05) is 84.9 Å². The minimum Gasteiger partial charge on any atom is -0.326 e.